The molecule has 0 saturated carbocycles. The first-order valence-electron chi connectivity index (χ1n) is 9.87. The molecule has 0 fully saturated rings. The summed E-state index contributed by atoms with van der Waals surface area (Å²) in [7, 11) is 0. The van der Waals surface area contributed by atoms with Crippen LogP contribution in [0.3, 0.4) is 0 Å². The van der Waals surface area contributed by atoms with Crippen LogP contribution in [-0.2, 0) is 0 Å². The Bertz CT molecular complexity index is 1250. The van der Waals surface area contributed by atoms with Gasteiger partial charge in [-0.2, -0.15) is 0 Å². The van der Waals surface area contributed by atoms with E-state index in [0.29, 0.717) is 39.0 Å². The van der Waals surface area contributed by atoms with Crippen molar-refractivity contribution in [2.75, 3.05) is 5.32 Å². The van der Waals surface area contributed by atoms with Crippen molar-refractivity contribution in [1.82, 2.24) is 4.98 Å². The van der Waals surface area contributed by atoms with E-state index in [2.05, 4.69) is 39.8 Å². The van der Waals surface area contributed by atoms with Crippen molar-refractivity contribution in [2.45, 2.75) is 26.4 Å². The van der Waals surface area contributed by atoms with Crippen LogP contribution in [-0.4, -0.2) is 17.0 Å². The first-order valence-corrected chi connectivity index (χ1v) is 11.3. The number of aromatic nitrogens is 1. The highest BCUT2D eigenvalue weighted by Gasteiger charge is 2.14. The summed E-state index contributed by atoms with van der Waals surface area (Å²) in [6.45, 7) is 4.05. The lowest BCUT2D eigenvalue weighted by Crippen LogP contribution is -2.13. The number of rotatable bonds is 6. The number of halogens is 2. The summed E-state index contributed by atoms with van der Waals surface area (Å²) in [5.74, 6) is 0.892. The van der Waals surface area contributed by atoms with Gasteiger partial charge in [-0.15, -0.1) is 0 Å². The summed E-state index contributed by atoms with van der Waals surface area (Å²) in [5.41, 5.74) is 3.13. The maximum Gasteiger partial charge on any atom is 0.255 e. The van der Waals surface area contributed by atoms with Crippen molar-refractivity contribution >= 4 is 56.9 Å². The van der Waals surface area contributed by atoms with E-state index in [9.17, 15) is 4.79 Å². The number of hydrogen-bond acceptors (Lipinski definition) is 4. The van der Waals surface area contributed by atoms with Crippen LogP contribution in [0.2, 0.25) is 5.02 Å². The minimum absolute atomic E-state index is 0.0866. The van der Waals surface area contributed by atoms with Gasteiger partial charge >= 0.3 is 0 Å². The molecule has 0 saturated heterocycles. The molecule has 1 atom stereocenters. The van der Waals surface area contributed by atoms with Crippen LogP contribution in [0.4, 0.5) is 5.69 Å². The standard InChI is InChI=1S/C24H20ClIN2O3/c1-3-14(2)30-18-6-4-5-15(11-18)23(29)27-17-8-10-22-21(13-17)28-24(31-22)19-12-16(26)7-9-20(19)25/h4-14H,3H2,1-2H3,(H,27,29). The molecular formula is C24H20ClIN2O3. The zero-order valence-electron chi connectivity index (χ0n) is 17.0. The highest BCUT2D eigenvalue weighted by molar-refractivity contribution is 14.1. The van der Waals surface area contributed by atoms with Crippen LogP contribution < -0.4 is 10.1 Å². The monoisotopic (exact) mass is 546 g/mol. The molecule has 0 aliphatic rings. The number of oxazole rings is 1. The molecule has 1 unspecified atom stereocenters. The lowest BCUT2D eigenvalue weighted by atomic mass is 10.2. The fourth-order valence-electron chi connectivity index (χ4n) is 3.01. The Morgan fingerprint density at radius 2 is 2.03 bits per heavy atom. The molecule has 1 N–H and O–H groups in total. The van der Waals surface area contributed by atoms with Crippen LogP contribution >= 0.6 is 34.2 Å². The highest BCUT2D eigenvalue weighted by Crippen LogP contribution is 2.32. The molecule has 3 aromatic carbocycles. The topological polar surface area (TPSA) is 64.4 Å². The van der Waals surface area contributed by atoms with Gasteiger partial charge in [0, 0.05) is 14.8 Å². The van der Waals surface area contributed by atoms with Crippen LogP contribution in [0, 0.1) is 3.57 Å². The molecule has 0 radical (unpaired) electrons. The first-order chi connectivity index (χ1) is 14.9. The Morgan fingerprint density at radius 3 is 2.84 bits per heavy atom. The minimum atomic E-state index is -0.224. The van der Waals surface area contributed by atoms with E-state index in [1.165, 1.54) is 0 Å². The quantitative estimate of drug-likeness (QED) is 0.260. The van der Waals surface area contributed by atoms with Crippen molar-refractivity contribution in [3.63, 3.8) is 0 Å². The molecule has 4 rings (SSSR count). The number of carbonyl (C=O) groups excluding carboxylic acids is 1. The van der Waals surface area contributed by atoms with E-state index in [-0.39, 0.29) is 12.0 Å². The van der Waals surface area contributed by atoms with E-state index in [1.54, 1.807) is 30.3 Å². The number of nitrogens with one attached hydrogen (secondary N) is 1. The smallest absolute Gasteiger partial charge is 0.255 e. The second-order valence-electron chi connectivity index (χ2n) is 7.14. The van der Waals surface area contributed by atoms with Crippen molar-refractivity contribution in [2.24, 2.45) is 0 Å². The molecule has 1 aromatic heterocycles. The van der Waals surface area contributed by atoms with Gasteiger partial charge in [0.15, 0.2) is 5.58 Å². The molecule has 0 aliphatic heterocycles. The summed E-state index contributed by atoms with van der Waals surface area (Å²) in [6, 6.07) is 18.2. The van der Waals surface area contributed by atoms with Crippen LogP contribution in [0.1, 0.15) is 30.6 Å². The molecule has 0 spiro atoms. The lowest BCUT2D eigenvalue weighted by molar-refractivity contribution is 0.102. The summed E-state index contributed by atoms with van der Waals surface area (Å²) >= 11 is 8.53. The fraction of sp³-hybridized carbons (Fsp3) is 0.167. The van der Waals surface area contributed by atoms with Gasteiger partial charge in [-0.1, -0.05) is 24.6 Å². The van der Waals surface area contributed by atoms with Gasteiger partial charge in [-0.05, 0) is 90.5 Å². The summed E-state index contributed by atoms with van der Waals surface area (Å²) < 4.78 is 12.7. The minimum Gasteiger partial charge on any atom is -0.491 e. The van der Waals surface area contributed by atoms with Gasteiger partial charge in [0.25, 0.3) is 5.91 Å². The maximum atomic E-state index is 12.7. The van der Waals surface area contributed by atoms with Gasteiger partial charge < -0.3 is 14.5 Å². The average Bonchev–Trinajstić information content (AvgIpc) is 3.18. The molecule has 158 valence electrons. The van der Waals surface area contributed by atoms with Crippen molar-refractivity contribution in [3.8, 4) is 17.2 Å². The summed E-state index contributed by atoms with van der Waals surface area (Å²) in [5, 5.41) is 3.48. The molecular weight excluding hydrogens is 527 g/mol. The van der Waals surface area contributed by atoms with Crippen LogP contribution in [0.25, 0.3) is 22.6 Å². The van der Waals surface area contributed by atoms with Gasteiger partial charge in [0.05, 0.1) is 16.7 Å². The van der Waals surface area contributed by atoms with Crippen molar-refractivity contribution < 1.29 is 13.9 Å². The molecule has 0 bridgehead atoms. The Balaban J connectivity index is 1.56. The SMILES string of the molecule is CCC(C)Oc1cccc(C(=O)Nc2ccc3oc(-c4cc(I)ccc4Cl)nc3c2)c1. The van der Waals surface area contributed by atoms with Gasteiger partial charge in [-0.3, -0.25) is 4.79 Å². The third-order valence-corrected chi connectivity index (χ3v) is 5.81. The maximum absolute atomic E-state index is 12.7. The third-order valence-electron chi connectivity index (χ3n) is 4.81. The number of nitrogens with zero attached hydrogens (tertiary/aromatic N) is 1. The van der Waals surface area contributed by atoms with Crippen LogP contribution in [0.5, 0.6) is 5.75 Å². The van der Waals surface area contributed by atoms with E-state index in [0.717, 1.165) is 15.6 Å². The Morgan fingerprint density at radius 1 is 1.19 bits per heavy atom. The van der Waals surface area contributed by atoms with E-state index < -0.39 is 0 Å². The van der Waals surface area contributed by atoms with Gasteiger partial charge in [0.1, 0.15) is 11.3 Å². The normalized spacial score (nSPS) is 12.0. The molecule has 4 aromatic rings. The largest absolute Gasteiger partial charge is 0.491 e. The second kappa shape index (κ2) is 9.28. The van der Waals surface area contributed by atoms with Crippen LogP contribution in [0.15, 0.2) is 65.1 Å². The number of hydrogen-bond donors (Lipinski definition) is 1. The Labute approximate surface area is 198 Å². The number of anilines is 1. The number of amides is 1. The first kappa shape index (κ1) is 21.6. The predicted molar refractivity (Wildman–Crippen MR) is 132 cm³/mol. The fourth-order valence-corrected chi connectivity index (χ4v) is 3.70. The number of fused-ring (bicyclic) bond motifs is 1. The summed E-state index contributed by atoms with van der Waals surface area (Å²) in [6.07, 6.45) is 0.979. The third kappa shape index (κ3) is 5.02. The average molecular weight is 547 g/mol. The molecule has 1 heterocycles. The molecule has 31 heavy (non-hydrogen) atoms. The number of ether oxygens (including phenoxy) is 1. The summed E-state index contributed by atoms with van der Waals surface area (Å²) in [4.78, 5) is 17.3. The highest BCUT2D eigenvalue weighted by atomic mass is 127. The predicted octanol–water partition coefficient (Wildman–Crippen LogP) is 7.18. The Hall–Kier alpha value is -2.58. The lowest BCUT2D eigenvalue weighted by Gasteiger charge is -2.13. The van der Waals surface area contributed by atoms with Gasteiger partial charge in [-0.25, -0.2) is 4.98 Å². The zero-order chi connectivity index (χ0) is 22.0. The molecule has 1 amide bonds. The molecule has 0 aliphatic carbocycles. The molecule has 5 nitrogen and oxygen atoms in total. The molecule has 7 heteroatoms. The second-order valence-corrected chi connectivity index (χ2v) is 8.80. The number of benzene rings is 3. The van der Waals surface area contributed by atoms with E-state index >= 15 is 0 Å². The van der Waals surface area contributed by atoms with Crippen molar-refractivity contribution in [1.29, 1.82) is 0 Å². The number of carbonyl (C=O) groups is 1. The van der Waals surface area contributed by atoms with E-state index in [4.69, 9.17) is 20.8 Å². The van der Waals surface area contributed by atoms with Crippen molar-refractivity contribution in [3.05, 3.63) is 74.8 Å². The Kier molecular flexibility index (Phi) is 6.48. The van der Waals surface area contributed by atoms with E-state index in [1.807, 2.05) is 37.3 Å². The zero-order valence-corrected chi connectivity index (χ0v) is 19.9. The van der Waals surface area contributed by atoms with Gasteiger partial charge in [0.2, 0.25) is 5.89 Å².